The maximum absolute atomic E-state index is 10.5. The summed E-state index contributed by atoms with van der Waals surface area (Å²) in [5.41, 5.74) is 0. The first kappa shape index (κ1) is 7.27. The molecular weight excluding hydrogens is 101 g/mol. The van der Waals surface area contributed by atoms with Crippen molar-refractivity contribution in [2.75, 3.05) is 14.1 Å². The highest BCUT2D eigenvalue weighted by Gasteiger charge is 1.92. The normalized spacial score (nSPS) is 9.75. The molecule has 3 heteroatoms. The first-order valence-corrected chi connectivity index (χ1v) is 2.28. The third kappa shape index (κ3) is 2.45. The Kier molecular flexibility index (Phi) is 3.00. The zero-order valence-electron chi connectivity index (χ0n) is 5.09. The molecule has 0 heterocycles. The lowest BCUT2D eigenvalue weighted by Gasteiger charge is -2.04. The van der Waals surface area contributed by atoms with Gasteiger partial charge in [-0.25, -0.2) is 0 Å². The van der Waals surface area contributed by atoms with E-state index in [1.807, 2.05) is 0 Å². The lowest BCUT2D eigenvalue weighted by atomic mass is 10.1. The standard InChI is InChI=1S/C5H8BNO/c1-7(2)5(8)3-4-6/h3-4H,1-2H3/b4-3-. The molecule has 2 radical (unpaired) electrons. The van der Waals surface area contributed by atoms with E-state index in [0.29, 0.717) is 0 Å². The van der Waals surface area contributed by atoms with Gasteiger partial charge in [-0.05, 0) is 6.08 Å². The molecule has 0 bridgehead atoms. The van der Waals surface area contributed by atoms with Crippen LogP contribution in [-0.4, -0.2) is 32.7 Å². The van der Waals surface area contributed by atoms with Gasteiger partial charge < -0.3 is 4.90 Å². The molecule has 2 nitrogen and oxygen atoms in total. The molecule has 0 aliphatic carbocycles. The first-order valence-electron chi connectivity index (χ1n) is 2.28. The molecule has 0 spiro atoms. The van der Waals surface area contributed by atoms with Gasteiger partial charge in [0.1, 0.15) is 7.85 Å². The van der Waals surface area contributed by atoms with Crippen molar-refractivity contribution in [3.8, 4) is 0 Å². The van der Waals surface area contributed by atoms with E-state index >= 15 is 0 Å². The molecule has 1 amide bonds. The number of amides is 1. The number of carbonyl (C=O) groups is 1. The van der Waals surface area contributed by atoms with E-state index in [4.69, 9.17) is 7.85 Å². The van der Waals surface area contributed by atoms with Gasteiger partial charge in [0.25, 0.3) is 0 Å². The molecule has 0 aromatic heterocycles. The highest BCUT2D eigenvalue weighted by atomic mass is 16.2. The summed E-state index contributed by atoms with van der Waals surface area (Å²) in [4.78, 5) is 11.9. The van der Waals surface area contributed by atoms with Crippen LogP contribution in [0.4, 0.5) is 0 Å². The fourth-order valence-corrected chi connectivity index (χ4v) is 0.231. The lowest BCUT2D eigenvalue weighted by Crippen LogP contribution is -2.18. The van der Waals surface area contributed by atoms with E-state index in [1.54, 1.807) is 14.1 Å². The summed E-state index contributed by atoms with van der Waals surface area (Å²) >= 11 is 0. The van der Waals surface area contributed by atoms with E-state index in [-0.39, 0.29) is 5.91 Å². The Balaban J connectivity index is 3.66. The monoisotopic (exact) mass is 109 g/mol. The quantitative estimate of drug-likeness (QED) is 0.336. The second-order valence-electron chi connectivity index (χ2n) is 1.59. The van der Waals surface area contributed by atoms with Crippen LogP contribution in [0.25, 0.3) is 0 Å². The van der Waals surface area contributed by atoms with Crippen molar-refractivity contribution < 1.29 is 4.79 Å². The molecule has 0 atom stereocenters. The summed E-state index contributed by atoms with van der Waals surface area (Å²) in [5, 5.41) is 0. The summed E-state index contributed by atoms with van der Waals surface area (Å²) < 4.78 is 0. The average molecular weight is 109 g/mol. The van der Waals surface area contributed by atoms with E-state index in [9.17, 15) is 4.79 Å². The molecule has 0 unspecified atom stereocenters. The molecule has 0 aromatic rings. The van der Waals surface area contributed by atoms with Gasteiger partial charge in [-0.2, -0.15) is 0 Å². The van der Waals surface area contributed by atoms with Crippen LogP contribution in [0.3, 0.4) is 0 Å². The van der Waals surface area contributed by atoms with Crippen molar-refractivity contribution >= 4 is 13.8 Å². The topological polar surface area (TPSA) is 20.3 Å². The number of likely N-dealkylation sites (N-methyl/N-ethyl adjacent to an activating group) is 1. The van der Waals surface area contributed by atoms with Crippen LogP contribution >= 0.6 is 0 Å². The molecule has 42 valence electrons. The Morgan fingerprint density at radius 3 is 2.25 bits per heavy atom. The minimum absolute atomic E-state index is 0.0903. The van der Waals surface area contributed by atoms with Crippen LogP contribution in [0.5, 0.6) is 0 Å². The lowest BCUT2D eigenvalue weighted by molar-refractivity contribution is -0.123. The number of carbonyl (C=O) groups excluding carboxylic acids is 1. The van der Waals surface area contributed by atoms with Crippen molar-refractivity contribution in [3.05, 3.63) is 12.1 Å². The maximum Gasteiger partial charge on any atom is 0.244 e. The first-order chi connectivity index (χ1) is 3.68. The van der Waals surface area contributed by atoms with Gasteiger partial charge in [0, 0.05) is 14.1 Å². The van der Waals surface area contributed by atoms with Gasteiger partial charge in [-0.3, -0.25) is 4.79 Å². The van der Waals surface area contributed by atoms with Crippen LogP contribution in [0, 0.1) is 0 Å². The van der Waals surface area contributed by atoms with Crippen molar-refractivity contribution in [1.82, 2.24) is 4.90 Å². The summed E-state index contributed by atoms with van der Waals surface area (Å²) in [6.07, 6.45) is 1.31. The Bertz CT molecular complexity index is 109. The molecule has 0 saturated carbocycles. The van der Waals surface area contributed by atoms with Gasteiger partial charge in [-0.15, -0.1) is 5.98 Å². The van der Waals surface area contributed by atoms with Gasteiger partial charge in [-0.1, -0.05) is 0 Å². The molecule has 8 heavy (non-hydrogen) atoms. The van der Waals surface area contributed by atoms with Gasteiger partial charge >= 0.3 is 0 Å². The minimum atomic E-state index is -0.0903. The molecule has 0 N–H and O–H groups in total. The molecule has 0 aromatic carbocycles. The third-order valence-corrected chi connectivity index (χ3v) is 0.680. The summed E-state index contributed by atoms with van der Waals surface area (Å²) in [6, 6.07) is 0. The van der Waals surface area contributed by atoms with Gasteiger partial charge in [0.05, 0.1) is 0 Å². The van der Waals surface area contributed by atoms with Crippen molar-refractivity contribution in [3.63, 3.8) is 0 Å². The Morgan fingerprint density at radius 1 is 1.62 bits per heavy atom. The highest BCUT2D eigenvalue weighted by molar-refractivity contribution is 6.18. The second kappa shape index (κ2) is 3.30. The number of hydrogen-bond acceptors (Lipinski definition) is 1. The third-order valence-electron chi connectivity index (χ3n) is 0.680. The second-order valence-corrected chi connectivity index (χ2v) is 1.59. The van der Waals surface area contributed by atoms with Crippen LogP contribution in [0.15, 0.2) is 12.1 Å². The summed E-state index contributed by atoms with van der Waals surface area (Å²) in [6.45, 7) is 0. The Morgan fingerprint density at radius 2 is 2.12 bits per heavy atom. The minimum Gasteiger partial charge on any atom is -0.345 e. The molecule has 0 fully saturated rings. The number of hydrogen-bond donors (Lipinski definition) is 0. The summed E-state index contributed by atoms with van der Waals surface area (Å²) in [7, 11) is 8.28. The zero-order valence-corrected chi connectivity index (χ0v) is 5.09. The van der Waals surface area contributed by atoms with Crippen LogP contribution in [0.2, 0.25) is 0 Å². The smallest absolute Gasteiger partial charge is 0.244 e. The van der Waals surface area contributed by atoms with Crippen LogP contribution in [0.1, 0.15) is 0 Å². The highest BCUT2D eigenvalue weighted by Crippen LogP contribution is 1.77. The molecule has 0 aliphatic heterocycles. The van der Waals surface area contributed by atoms with E-state index in [1.165, 1.54) is 17.0 Å². The molecular formula is C5H8BNO. The van der Waals surface area contributed by atoms with Crippen molar-refractivity contribution in [2.45, 2.75) is 0 Å². The SMILES string of the molecule is [B]/C=C\C(=O)N(C)C. The molecule has 0 saturated heterocycles. The predicted molar refractivity (Wildman–Crippen MR) is 33.6 cm³/mol. The number of rotatable bonds is 1. The Labute approximate surface area is 50.6 Å². The van der Waals surface area contributed by atoms with Crippen LogP contribution < -0.4 is 0 Å². The summed E-state index contributed by atoms with van der Waals surface area (Å²) in [5.74, 6) is 1.13. The number of nitrogens with zero attached hydrogens (tertiary/aromatic N) is 1. The van der Waals surface area contributed by atoms with Crippen molar-refractivity contribution in [1.29, 1.82) is 0 Å². The molecule has 0 aliphatic rings. The average Bonchev–Trinajstić information content (AvgIpc) is 1.67. The maximum atomic E-state index is 10.5. The molecule has 0 rings (SSSR count). The van der Waals surface area contributed by atoms with E-state index < -0.39 is 0 Å². The largest absolute Gasteiger partial charge is 0.345 e. The predicted octanol–water partition coefficient (Wildman–Crippen LogP) is -0.243. The zero-order chi connectivity index (χ0) is 6.57. The van der Waals surface area contributed by atoms with Crippen LogP contribution in [-0.2, 0) is 4.79 Å². The van der Waals surface area contributed by atoms with Gasteiger partial charge in [0.15, 0.2) is 0 Å². The fraction of sp³-hybridized carbons (Fsp3) is 0.400. The van der Waals surface area contributed by atoms with Crippen molar-refractivity contribution in [2.24, 2.45) is 0 Å². The fourth-order valence-electron chi connectivity index (χ4n) is 0.231. The van der Waals surface area contributed by atoms with E-state index in [0.717, 1.165) is 0 Å². The van der Waals surface area contributed by atoms with Gasteiger partial charge in [0.2, 0.25) is 5.91 Å². The van der Waals surface area contributed by atoms with E-state index in [2.05, 4.69) is 0 Å². The Hall–Kier alpha value is -0.725.